The Hall–Kier alpha value is -0.190. The van der Waals surface area contributed by atoms with Crippen LogP contribution in [-0.2, 0) is 4.74 Å². The largest absolute Gasteiger partial charge is 0.398 e. The zero-order valence-electron chi connectivity index (χ0n) is 7.70. The number of thioether (sulfide) groups is 1. The van der Waals surface area contributed by atoms with E-state index in [4.69, 9.17) is 10.5 Å². The molecule has 0 bridgehead atoms. The molecule has 1 aromatic carbocycles. The van der Waals surface area contributed by atoms with E-state index in [2.05, 4.69) is 22.0 Å². The fraction of sp³-hybridized carbons (Fsp3) is 0.400. The van der Waals surface area contributed by atoms with Crippen molar-refractivity contribution in [3.8, 4) is 0 Å². The topological polar surface area (TPSA) is 35.2 Å². The van der Waals surface area contributed by atoms with E-state index in [1.54, 1.807) is 0 Å². The van der Waals surface area contributed by atoms with Crippen LogP contribution in [0.15, 0.2) is 27.6 Å². The molecule has 0 radical (unpaired) electrons. The fourth-order valence-corrected chi connectivity index (χ4v) is 2.87. The Bertz CT molecular complexity index is 326. The highest BCUT2D eigenvalue weighted by atomic mass is 79.9. The first-order valence-corrected chi connectivity index (χ1v) is 6.22. The summed E-state index contributed by atoms with van der Waals surface area (Å²) in [5, 5.41) is 0.568. The van der Waals surface area contributed by atoms with Crippen molar-refractivity contribution in [1.82, 2.24) is 0 Å². The van der Waals surface area contributed by atoms with Crippen LogP contribution >= 0.6 is 27.7 Å². The van der Waals surface area contributed by atoms with Crippen molar-refractivity contribution >= 4 is 33.4 Å². The molecule has 2 N–H and O–H groups in total. The average molecular weight is 274 g/mol. The maximum atomic E-state index is 5.91. The molecule has 1 aliphatic rings. The van der Waals surface area contributed by atoms with E-state index in [9.17, 15) is 0 Å². The minimum atomic E-state index is 0.568. The molecule has 2 nitrogen and oxygen atoms in total. The second kappa shape index (κ2) is 4.55. The smallest absolute Gasteiger partial charge is 0.0589 e. The monoisotopic (exact) mass is 273 g/mol. The first-order valence-electron chi connectivity index (χ1n) is 4.55. The summed E-state index contributed by atoms with van der Waals surface area (Å²) in [5.74, 6) is 0. The van der Waals surface area contributed by atoms with Gasteiger partial charge in [-0.15, -0.1) is 11.8 Å². The van der Waals surface area contributed by atoms with Crippen molar-refractivity contribution in [3.05, 3.63) is 22.7 Å². The molecule has 0 spiro atoms. The van der Waals surface area contributed by atoms with E-state index >= 15 is 0 Å². The van der Waals surface area contributed by atoms with E-state index in [0.29, 0.717) is 5.25 Å². The molecule has 1 atom stereocenters. The Morgan fingerprint density at radius 2 is 2.36 bits per heavy atom. The van der Waals surface area contributed by atoms with Gasteiger partial charge in [-0.3, -0.25) is 0 Å². The van der Waals surface area contributed by atoms with Crippen molar-refractivity contribution in [2.24, 2.45) is 0 Å². The molecule has 4 heteroatoms. The third-order valence-electron chi connectivity index (χ3n) is 2.15. The molecule has 2 rings (SSSR count). The highest BCUT2D eigenvalue weighted by Crippen LogP contribution is 2.33. The maximum absolute atomic E-state index is 5.91. The zero-order valence-corrected chi connectivity index (χ0v) is 10.1. The van der Waals surface area contributed by atoms with Gasteiger partial charge in [-0.2, -0.15) is 0 Å². The number of rotatable bonds is 2. The molecule has 0 saturated carbocycles. The zero-order chi connectivity index (χ0) is 9.97. The van der Waals surface area contributed by atoms with Gasteiger partial charge in [-0.1, -0.05) is 15.9 Å². The highest BCUT2D eigenvalue weighted by molar-refractivity contribution is 9.10. The molecule has 14 heavy (non-hydrogen) atoms. The van der Waals surface area contributed by atoms with Gasteiger partial charge in [-0.05, 0) is 24.6 Å². The quantitative estimate of drug-likeness (QED) is 0.842. The molecule has 0 amide bonds. The fourth-order valence-electron chi connectivity index (χ4n) is 1.41. The Morgan fingerprint density at radius 3 is 3.00 bits per heavy atom. The SMILES string of the molecule is Nc1cc(Br)ccc1SC1CCOC1. The normalized spacial score (nSPS) is 21.4. The average Bonchev–Trinajstić information content (AvgIpc) is 2.62. The van der Waals surface area contributed by atoms with Gasteiger partial charge in [-0.25, -0.2) is 0 Å². The van der Waals surface area contributed by atoms with E-state index in [-0.39, 0.29) is 0 Å². The van der Waals surface area contributed by atoms with Crippen molar-refractivity contribution in [3.63, 3.8) is 0 Å². The van der Waals surface area contributed by atoms with Crippen LogP contribution in [0, 0.1) is 0 Å². The number of nitrogen functional groups attached to an aromatic ring is 1. The Labute approximate surface area is 96.3 Å². The van der Waals surface area contributed by atoms with Crippen molar-refractivity contribution in [1.29, 1.82) is 0 Å². The lowest BCUT2D eigenvalue weighted by atomic mass is 10.3. The minimum Gasteiger partial charge on any atom is -0.398 e. The van der Waals surface area contributed by atoms with E-state index in [1.165, 1.54) is 0 Å². The second-order valence-electron chi connectivity index (χ2n) is 3.29. The molecule has 1 aromatic rings. The predicted molar refractivity (Wildman–Crippen MR) is 63.6 cm³/mol. The van der Waals surface area contributed by atoms with Crippen LogP contribution in [0.3, 0.4) is 0 Å². The first-order chi connectivity index (χ1) is 6.75. The van der Waals surface area contributed by atoms with Crippen molar-refractivity contribution in [2.45, 2.75) is 16.6 Å². The van der Waals surface area contributed by atoms with Gasteiger partial charge in [0.05, 0.1) is 6.61 Å². The lowest BCUT2D eigenvalue weighted by molar-refractivity contribution is 0.199. The molecule has 1 heterocycles. The summed E-state index contributed by atoms with van der Waals surface area (Å²) in [7, 11) is 0. The van der Waals surface area contributed by atoms with Crippen LogP contribution in [0.25, 0.3) is 0 Å². The summed E-state index contributed by atoms with van der Waals surface area (Å²) < 4.78 is 6.35. The van der Waals surface area contributed by atoms with E-state index in [0.717, 1.165) is 34.7 Å². The van der Waals surface area contributed by atoms with Gasteiger partial charge >= 0.3 is 0 Å². The second-order valence-corrected chi connectivity index (χ2v) is 5.54. The van der Waals surface area contributed by atoms with Crippen LogP contribution < -0.4 is 5.73 Å². The summed E-state index contributed by atoms with van der Waals surface area (Å²) in [5.41, 5.74) is 6.75. The third kappa shape index (κ3) is 2.43. The Kier molecular flexibility index (Phi) is 3.36. The molecule has 1 aliphatic heterocycles. The minimum absolute atomic E-state index is 0.568. The third-order valence-corrected chi connectivity index (χ3v) is 3.98. The summed E-state index contributed by atoms with van der Waals surface area (Å²) in [6.07, 6.45) is 1.13. The van der Waals surface area contributed by atoms with Crippen LogP contribution in [0.2, 0.25) is 0 Å². The summed E-state index contributed by atoms with van der Waals surface area (Å²) in [4.78, 5) is 1.16. The molecule has 1 unspecified atom stereocenters. The van der Waals surface area contributed by atoms with Crippen LogP contribution in [0.5, 0.6) is 0 Å². The lowest BCUT2D eigenvalue weighted by Crippen LogP contribution is -2.01. The summed E-state index contributed by atoms with van der Waals surface area (Å²) in [6.45, 7) is 1.73. The van der Waals surface area contributed by atoms with Gasteiger partial charge in [0, 0.05) is 26.9 Å². The molecule has 0 aromatic heterocycles. The van der Waals surface area contributed by atoms with Crippen LogP contribution in [0.1, 0.15) is 6.42 Å². The number of halogens is 1. The summed E-state index contributed by atoms with van der Waals surface area (Å²) >= 11 is 5.21. The van der Waals surface area contributed by atoms with Gasteiger partial charge in [0.25, 0.3) is 0 Å². The Balaban J connectivity index is 2.08. The predicted octanol–water partition coefficient (Wildman–Crippen LogP) is 2.91. The number of hydrogen-bond donors (Lipinski definition) is 1. The lowest BCUT2D eigenvalue weighted by Gasteiger charge is -2.09. The number of ether oxygens (including phenoxy) is 1. The first kappa shape index (κ1) is 10.3. The molecule has 1 saturated heterocycles. The number of benzene rings is 1. The van der Waals surface area contributed by atoms with Crippen molar-refractivity contribution in [2.75, 3.05) is 18.9 Å². The molecular weight excluding hydrogens is 262 g/mol. The highest BCUT2D eigenvalue weighted by Gasteiger charge is 2.17. The molecule has 76 valence electrons. The standard InChI is InChI=1S/C10H12BrNOS/c11-7-1-2-10(9(12)5-7)14-8-3-4-13-6-8/h1-2,5,8H,3-4,6,12H2. The van der Waals surface area contributed by atoms with E-state index in [1.807, 2.05) is 23.9 Å². The van der Waals surface area contributed by atoms with Crippen molar-refractivity contribution < 1.29 is 4.74 Å². The van der Waals surface area contributed by atoms with Gasteiger partial charge in [0.2, 0.25) is 0 Å². The number of hydrogen-bond acceptors (Lipinski definition) is 3. The number of nitrogens with two attached hydrogens (primary N) is 1. The molecule has 0 aliphatic carbocycles. The van der Waals surface area contributed by atoms with Gasteiger partial charge in [0.15, 0.2) is 0 Å². The molecular formula is C10H12BrNOS. The molecule has 1 fully saturated rings. The van der Waals surface area contributed by atoms with Gasteiger partial charge < -0.3 is 10.5 Å². The summed E-state index contributed by atoms with van der Waals surface area (Å²) in [6, 6.07) is 6.02. The van der Waals surface area contributed by atoms with E-state index < -0.39 is 0 Å². The number of anilines is 1. The van der Waals surface area contributed by atoms with Crippen LogP contribution in [0.4, 0.5) is 5.69 Å². The maximum Gasteiger partial charge on any atom is 0.0589 e. The Morgan fingerprint density at radius 1 is 1.50 bits per heavy atom. The van der Waals surface area contributed by atoms with Crippen LogP contribution in [-0.4, -0.2) is 18.5 Å². The van der Waals surface area contributed by atoms with Gasteiger partial charge in [0.1, 0.15) is 0 Å².